The third kappa shape index (κ3) is 3.06. The first kappa shape index (κ1) is 19.1. The smallest absolute Gasteiger partial charge is 0.183 e. The summed E-state index contributed by atoms with van der Waals surface area (Å²) < 4.78 is 0.767. The molecule has 1 aliphatic carbocycles. The molecule has 1 heterocycles. The number of aliphatic hydroxyl groups is 1. The average molecular weight is 395 g/mol. The Morgan fingerprint density at radius 1 is 0.900 bits per heavy atom. The van der Waals surface area contributed by atoms with Gasteiger partial charge in [0.15, 0.2) is 5.60 Å². The van der Waals surface area contributed by atoms with E-state index in [2.05, 4.69) is 61.4 Å². The van der Waals surface area contributed by atoms with Crippen molar-refractivity contribution in [1.82, 2.24) is 0 Å². The predicted molar refractivity (Wildman–Crippen MR) is 122 cm³/mol. The summed E-state index contributed by atoms with van der Waals surface area (Å²) in [5, 5.41) is 11.8. The van der Waals surface area contributed by atoms with Gasteiger partial charge in [-0.3, -0.25) is 0 Å². The van der Waals surface area contributed by atoms with Crippen LogP contribution in [0.4, 0.5) is 0 Å². The molecule has 150 valence electrons. The first-order valence-corrected chi connectivity index (χ1v) is 11.0. The number of hydrogen-bond donors (Lipinski definition) is 1. The van der Waals surface area contributed by atoms with Crippen molar-refractivity contribution in [2.24, 2.45) is 0 Å². The van der Waals surface area contributed by atoms with Gasteiger partial charge in [-0.25, -0.2) is 4.48 Å². The molecule has 1 fully saturated rings. The molecule has 1 unspecified atom stereocenters. The Labute approximate surface area is 179 Å². The summed E-state index contributed by atoms with van der Waals surface area (Å²) in [6, 6.07) is 30.7. The average Bonchev–Trinajstić information content (AvgIpc) is 3.33. The number of nitrogens with zero attached hydrogens (tertiary/aromatic N) is 1. The van der Waals surface area contributed by atoms with Crippen molar-refractivity contribution in [3.05, 3.63) is 95.6 Å². The van der Waals surface area contributed by atoms with E-state index in [1.165, 1.54) is 5.56 Å². The lowest BCUT2D eigenvalue weighted by Crippen LogP contribution is -2.42. The summed E-state index contributed by atoms with van der Waals surface area (Å²) in [4.78, 5) is 0. The topological polar surface area (TPSA) is 20.2 Å². The van der Waals surface area contributed by atoms with Gasteiger partial charge in [0.25, 0.3) is 0 Å². The van der Waals surface area contributed by atoms with E-state index < -0.39 is 5.60 Å². The van der Waals surface area contributed by atoms with Gasteiger partial charge in [0.2, 0.25) is 0 Å². The fraction of sp³-hybridized carbons (Fsp3) is 0.286. The van der Waals surface area contributed by atoms with E-state index in [9.17, 15) is 5.11 Å². The summed E-state index contributed by atoms with van der Waals surface area (Å²) in [7, 11) is 0. The van der Waals surface area contributed by atoms with Crippen LogP contribution in [0.3, 0.4) is 0 Å². The number of benzene rings is 3. The third-order valence-electron chi connectivity index (χ3n) is 6.80. The zero-order chi connectivity index (χ0) is 20.6. The number of likely N-dealkylation sites (tertiary alicyclic amines) is 1. The number of rotatable bonds is 3. The quantitative estimate of drug-likeness (QED) is 0.473. The molecule has 0 amide bonds. The van der Waals surface area contributed by atoms with Crippen LogP contribution < -0.4 is 0 Å². The largest absolute Gasteiger partial charge is 0.369 e. The van der Waals surface area contributed by atoms with E-state index in [1.807, 2.05) is 36.4 Å². The minimum atomic E-state index is -1.24. The van der Waals surface area contributed by atoms with Crippen LogP contribution in [0.25, 0.3) is 11.1 Å². The van der Waals surface area contributed by atoms with Crippen molar-refractivity contribution in [2.75, 3.05) is 19.6 Å². The summed E-state index contributed by atoms with van der Waals surface area (Å²) >= 11 is 0. The normalized spacial score (nSPS) is 23.3. The maximum atomic E-state index is 11.8. The molecule has 5 rings (SSSR count). The van der Waals surface area contributed by atoms with Gasteiger partial charge in [-0.05, 0) is 23.1 Å². The van der Waals surface area contributed by atoms with Gasteiger partial charge in [-0.15, -0.1) is 0 Å². The molecule has 3 aromatic carbocycles. The molecule has 2 heteroatoms. The van der Waals surface area contributed by atoms with E-state index >= 15 is 0 Å². The van der Waals surface area contributed by atoms with Gasteiger partial charge in [-0.2, -0.15) is 0 Å². The number of fused-ring (bicyclic) bond motifs is 3. The lowest BCUT2D eigenvalue weighted by Gasteiger charge is -2.27. The minimum absolute atomic E-state index is 0.532. The van der Waals surface area contributed by atoms with Gasteiger partial charge in [0, 0.05) is 29.4 Å². The molecule has 2 atom stereocenters. The Morgan fingerprint density at radius 3 is 2.13 bits per heavy atom. The highest BCUT2D eigenvalue weighted by Gasteiger charge is 2.43. The number of hydrogen-bond acceptors (Lipinski definition) is 1. The Hall–Kier alpha value is -2.86. The Kier molecular flexibility index (Phi) is 4.74. The minimum Gasteiger partial charge on any atom is -0.369 e. The summed E-state index contributed by atoms with van der Waals surface area (Å²) in [6.45, 7) is 5.31. The van der Waals surface area contributed by atoms with E-state index in [0.717, 1.165) is 59.2 Å². The zero-order valence-corrected chi connectivity index (χ0v) is 17.5. The summed E-state index contributed by atoms with van der Waals surface area (Å²) in [6.07, 6.45) is 2.23. The van der Waals surface area contributed by atoms with Gasteiger partial charge < -0.3 is 5.11 Å². The number of quaternary nitrogens is 1. The molecule has 30 heavy (non-hydrogen) atoms. The van der Waals surface area contributed by atoms with Crippen molar-refractivity contribution >= 4 is 0 Å². The van der Waals surface area contributed by atoms with Gasteiger partial charge >= 0.3 is 0 Å². The third-order valence-corrected chi connectivity index (χ3v) is 6.80. The highest BCUT2D eigenvalue weighted by molar-refractivity contribution is 5.81. The van der Waals surface area contributed by atoms with Crippen LogP contribution in [0.15, 0.2) is 78.9 Å². The standard InChI is InChI=1S/C28H28NO/c1-2-18-29(19-16-23(21-29)22-10-4-3-5-11-22)20-17-28(30)26-14-8-6-12-24(26)25-13-7-9-15-27(25)28/h3-15,23,30H,2,16,18-19,21H2,1H3/q+1/t23-,29?/m0/s1. The predicted octanol–water partition coefficient (Wildman–Crippen LogP) is 5.28. The molecular formula is C28H28NO+. The van der Waals surface area contributed by atoms with Crippen molar-refractivity contribution in [3.8, 4) is 23.1 Å². The van der Waals surface area contributed by atoms with Crippen molar-refractivity contribution < 1.29 is 9.59 Å². The first-order chi connectivity index (χ1) is 14.7. The van der Waals surface area contributed by atoms with Crippen molar-refractivity contribution in [3.63, 3.8) is 0 Å². The van der Waals surface area contributed by atoms with E-state index in [-0.39, 0.29) is 0 Å². The van der Waals surface area contributed by atoms with Gasteiger partial charge in [0.05, 0.1) is 19.6 Å². The van der Waals surface area contributed by atoms with Crippen LogP contribution in [-0.2, 0) is 5.60 Å². The van der Waals surface area contributed by atoms with Gasteiger partial charge in [-0.1, -0.05) is 85.8 Å². The van der Waals surface area contributed by atoms with Crippen LogP contribution in [0.5, 0.6) is 0 Å². The second kappa shape index (κ2) is 7.43. The molecule has 0 saturated carbocycles. The van der Waals surface area contributed by atoms with E-state index in [0.29, 0.717) is 5.92 Å². The van der Waals surface area contributed by atoms with Crippen LogP contribution in [0, 0.1) is 12.0 Å². The Balaban J connectivity index is 1.54. The van der Waals surface area contributed by atoms with Gasteiger partial charge in [0.1, 0.15) is 6.04 Å². The monoisotopic (exact) mass is 394 g/mol. The van der Waals surface area contributed by atoms with Crippen LogP contribution in [0.2, 0.25) is 0 Å². The molecule has 0 bridgehead atoms. The molecule has 0 aromatic heterocycles. The molecule has 1 N–H and O–H groups in total. The van der Waals surface area contributed by atoms with E-state index in [4.69, 9.17) is 0 Å². The molecule has 1 saturated heterocycles. The molecule has 3 aromatic rings. The fourth-order valence-corrected chi connectivity index (χ4v) is 5.34. The van der Waals surface area contributed by atoms with Crippen LogP contribution in [-0.4, -0.2) is 29.2 Å². The molecule has 0 spiro atoms. The lowest BCUT2D eigenvalue weighted by atomic mass is 9.92. The second-order valence-electron chi connectivity index (χ2n) is 8.71. The zero-order valence-electron chi connectivity index (χ0n) is 17.5. The molecular weight excluding hydrogens is 366 g/mol. The molecule has 2 aliphatic rings. The highest BCUT2D eigenvalue weighted by atomic mass is 16.3. The summed E-state index contributed by atoms with van der Waals surface area (Å²) in [5.74, 6) is 3.92. The van der Waals surface area contributed by atoms with Crippen LogP contribution in [0.1, 0.15) is 42.4 Å². The Bertz CT molecular complexity index is 1080. The van der Waals surface area contributed by atoms with E-state index in [1.54, 1.807) is 0 Å². The lowest BCUT2D eigenvalue weighted by molar-refractivity contribution is -0.852. The summed E-state index contributed by atoms with van der Waals surface area (Å²) in [5.41, 5.74) is 4.17. The fourth-order valence-electron chi connectivity index (χ4n) is 5.34. The Morgan fingerprint density at radius 2 is 1.50 bits per heavy atom. The first-order valence-electron chi connectivity index (χ1n) is 11.0. The second-order valence-corrected chi connectivity index (χ2v) is 8.71. The maximum Gasteiger partial charge on any atom is 0.183 e. The van der Waals surface area contributed by atoms with Crippen molar-refractivity contribution in [1.29, 1.82) is 0 Å². The highest BCUT2D eigenvalue weighted by Crippen LogP contribution is 2.47. The molecule has 1 aliphatic heterocycles. The van der Waals surface area contributed by atoms with Crippen molar-refractivity contribution in [2.45, 2.75) is 31.3 Å². The maximum absolute atomic E-state index is 11.8. The SMILES string of the molecule is CCC[N+]1(C#CC2(O)c3ccccc3-c3ccccc32)CC[C@H](c2ccccc2)C1. The van der Waals surface area contributed by atoms with Crippen LogP contribution >= 0.6 is 0 Å². The molecule has 2 nitrogen and oxygen atoms in total. The molecule has 0 radical (unpaired) electrons.